The molecule has 18 heavy (non-hydrogen) atoms. The molecule has 0 aliphatic heterocycles. The van der Waals surface area contributed by atoms with Gasteiger partial charge in [0.15, 0.2) is 0 Å². The number of anilines is 1. The van der Waals surface area contributed by atoms with Crippen LogP contribution in [0.25, 0.3) is 0 Å². The fraction of sp³-hybridized carbons (Fsp3) is 0.111. The predicted octanol–water partition coefficient (Wildman–Crippen LogP) is -1.87. The van der Waals surface area contributed by atoms with E-state index >= 15 is 0 Å². The highest BCUT2D eigenvalue weighted by atomic mass is 32.2. The van der Waals surface area contributed by atoms with Crippen LogP contribution in [0.15, 0.2) is 23.1 Å². The zero-order chi connectivity index (χ0) is 13.9. The molecule has 0 fully saturated rings. The lowest BCUT2D eigenvalue weighted by molar-refractivity contribution is -0.116. The average molecular weight is 272 g/mol. The molecule has 0 aliphatic rings. The minimum absolute atomic E-state index is 0.0846. The van der Waals surface area contributed by atoms with Gasteiger partial charge >= 0.3 is 0 Å². The van der Waals surface area contributed by atoms with Crippen LogP contribution in [0.4, 0.5) is 5.69 Å². The van der Waals surface area contributed by atoms with E-state index in [1.165, 1.54) is 6.07 Å². The number of nitrogens with one attached hydrogen (secondary N) is 1. The topological polar surface area (TPSA) is 158 Å². The van der Waals surface area contributed by atoms with Crippen molar-refractivity contribution in [3.05, 3.63) is 23.8 Å². The number of nitrogens with two attached hydrogens (primary N) is 3. The van der Waals surface area contributed by atoms with Crippen LogP contribution in [0.5, 0.6) is 0 Å². The molecule has 0 radical (unpaired) electrons. The minimum atomic E-state index is -3.96. The van der Waals surface area contributed by atoms with Crippen LogP contribution in [0.3, 0.4) is 0 Å². The van der Waals surface area contributed by atoms with Crippen molar-refractivity contribution in [2.24, 2.45) is 11.5 Å². The van der Waals surface area contributed by atoms with Crippen LogP contribution in [0, 0.1) is 0 Å². The Labute approximate surface area is 103 Å². The van der Waals surface area contributed by atoms with E-state index in [4.69, 9.17) is 17.2 Å². The predicted molar refractivity (Wildman–Crippen MR) is 63.8 cm³/mol. The van der Waals surface area contributed by atoms with Crippen molar-refractivity contribution < 1.29 is 18.0 Å². The molecule has 7 N–H and O–H groups in total. The molecule has 0 aromatic heterocycles. The van der Waals surface area contributed by atoms with Crippen molar-refractivity contribution >= 4 is 27.5 Å². The van der Waals surface area contributed by atoms with Gasteiger partial charge in [0.2, 0.25) is 21.8 Å². The molecule has 1 rings (SSSR count). The molecule has 0 atom stereocenters. The lowest BCUT2D eigenvalue weighted by Gasteiger charge is -2.08. The van der Waals surface area contributed by atoms with E-state index in [9.17, 15) is 18.0 Å². The van der Waals surface area contributed by atoms with Gasteiger partial charge in [-0.05, 0) is 18.2 Å². The summed E-state index contributed by atoms with van der Waals surface area (Å²) in [5.74, 6) is -1.55. The Balaban J connectivity index is 3.10. The second-order valence-electron chi connectivity index (χ2n) is 3.41. The summed E-state index contributed by atoms with van der Waals surface area (Å²) in [6.07, 6.45) is 0. The van der Waals surface area contributed by atoms with Crippen LogP contribution in [-0.4, -0.2) is 26.8 Å². The van der Waals surface area contributed by atoms with Gasteiger partial charge in [-0.3, -0.25) is 9.59 Å². The molecule has 0 heterocycles. The Morgan fingerprint density at radius 1 is 1.22 bits per heavy atom. The third kappa shape index (κ3) is 3.18. The summed E-state index contributed by atoms with van der Waals surface area (Å²) in [6, 6.07) is 3.48. The molecule has 2 amide bonds. The number of hydrogen-bond donors (Lipinski definition) is 4. The maximum Gasteiger partial charge on any atom is 0.248 e. The van der Waals surface area contributed by atoms with Gasteiger partial charge in [0, 0.05) is 5.56 Å². The maximum atomic E-state index is 11.7. The lowest BCUT2D eigenvalue weighted by atomic mass is 10.2. The Bertz CT molecular complexity index is 597. The molecular formula is C9H12N4O4S. The standard InChI is InChI=1S/C9H12N4O4S/c10-6-3-5(9(12)15)1-2-7(6)18(16,17)13-4-8(11)14/h1-3,13H,4,10H2,(H2,11,14)(H2,12,15). The maximum absolute atomic E-state index is 11.7. The number of amides is 2. The monoisotopic (exact) mass is 272 g/mol. The Kier molecular flexibility index (Phi) is 3.89. The fourth-order valence-electron chi connectivity index (χ4n) is 1.19. The Morgan fingerprint density at radius 3 is 2.28 bits per heavy atom. The van der Waals surface area contributed by atoms with Crippen LogP contribution in [-0.2, 0) is 14.8 Å². The van der Waals surface area contributed by atoms with Gasteiger partial charge in [0.25, 0.3) is 0 Å². The summed E-state index contributed by atoms with van der Waals surface area (Å²) < 4.78 is 25.4. The van der Waals surface area contributed by atoms with Gasteiger partial charge in [0.05, 0.1) is 12.2 Å². The smallest absolute Gasteiger partial charge is 0.248 e. The van der Waals surface area contributed by atoms with Crippen LogP contribution >= 0.6 is 0 Å². The highest BCUT2D eigenvalue weighted by Crippen LogP contribution is 2.19. The highest BCUT2D eigenvalue weighted by Gasteiger charge is 2.18. The number of carbonyl (C=O) groups excluding carboxylic acids is 2. The zero-order valence-corrected chi connectivity index (χ0v) is 10.0. The van der Waals surface area contributed by atoms with E-state index < -0.39 is 28.4 Å². The number of rotatable bonds is 5. The normalized spacial score (nSPS) is 11.1. The summed E-state index contributed by atoms with van der Waals surface area (Å²) in [5, 5.41) is 0. The number of sulfonamides is 1. The number of hydrogen-bond acceptors (Lipinski definition) is 5. The van der Waals surface area contributed by atoms with E-state index in [1.807, 2.05) is 4.72 Å². The molecule has 9 heteroatoms. The lowest BCUT2D eigenvalue weighted by Crippen LogP contribution is -2.33. The first-order valence-corrected chi connectivity index (χ1v) is 6.19. The first-order valence-electron chi connectivity index (χ1n) is 4.71. The summed E-state index contributed by atoms with van der Waals surface area (Å²) in [4.78, 5) is 21.1. The van der Waals surface area contributed by atoms with Crippen LogP contribution in [0.2, 0.25) is 0 Å². The molecule has 0 saturated carbocycles. The molecule has 0 unspecified atom stereocenters. The van der Waals surface area contributed by atoms with Gasteiger partial charge in [0.1, 0.15) is 4.90 Å². The first-order chi connectivity index (χ1) is 8.24. The van der Waals surface area contributed by atoms with E-state index in [2.05, 4.69) is 0 Å². The van der Waals surface area contributed by atoms with Crippen LogP contribution in [0.1, 0.15) is 10.4 Å². The summed E-state index contributed by atoms with van der Waals surface area (Å²) in [7, 11) is -3.96. The minimum Gasteiger partial charge on any atom is -0.398 e. The SMILES string of the molecule is NC(=O)CNS(=O)(=O)c1ccc(C(N)=O)cc1N. The van der Waals surface area contributed by atoms with Crippen molar-refractivity contribution in [1.29, 1.82) is 0 Å². The van der Waals surface area contributed by atoms with E-state index in [0.717, 1.165) is 12.1 Å². The molecule has 0 spiro atoms. The van der Waals surface area contributed by atoms with Gasteiger partial charge < -0.3 is 17.2 Å². The van der Waals surface area contributed by atoms with Gasteiger partial charge in [-0.15, -0.1) is 0 Å². The molecule has 0 bridgehead atoms. The number of primary amides is 2. The largest absolute Gasteiger partial charge is 0.398 e. The number of carbonyl (C=O) groups is 2. The molecule has 98 valence electrons. The van der Waals surface area contributed by atoms with E-state index in [1.54, 1.807) is 0 Å². The van der Waals surface area contributed by atoms with Gasteiger partial charge in [-0.2, -0.15) is 0 Å². The second-order valence-corrected chi connectivity index (χ2v) is 5.14. The van der Waals surface area contributed by atoms with Crippen molar-refractivity contribution in [3.63, 3.8) is 0 Å². The number of nitrogen functional groups attached to an aromatic ring is 1. The first kappa shape index (κ1) is 13.9. The summed E-state index contributed by atoms with van der Waals surface area (Å²) >= 11 is 0. The zero-order valence-electron chi connectivity index (χ0n) is 9.21. The van der Waals surface area contributed by atoms with E-state index in [-0.39, 0.29) is 16.1 Å². The van der Waals surface area contributed by atoms with Crippen molar-refractivity contribution in [2.45, 2.75) is 4.90 Å². The molecule has 1 aromatic carbocycles. The number of benzene rings is 1. The molecule has 8 nitrogen and oxygen atoms in total. The molecule has 0 aliphatic carbocycles. The quantitative estimate of drug-likeness (QED) is 0.461. The second kappa shape index (κ2) is 5.02. The highest BCUT2D eigenvalue weighted by molar-refractivity contribution is 7.89. The summed E-state index contributed by atoms with van der Waals surface area (Å²) in [6.45, 7) is -0.542. The van der Waals surface area contributed by atoms with Crippen molar-refractivity contribution in [1.82, 2.24) is 4.72 Å². The van der Waals surface area contributed by atoms with Gasteiger partial charge in [-0.25, -0.2) is 13.1 Å². The van der Waals surface area contributed by atoms with Crippen LogP contribution < -0.4 is 21.9 Å². The van der Waals surface area contributed by atoms with E-state index in [0.29, 0.717) is 0 Å². The summed E-state index contributed by atoms with van der Waals surface area (Å²) in [5.41, 5.74) is 15.3. The average Bonchev–Trinajstić information content (AvgIpc) is 2.26. The Hall–Kier alpha value is -2.13. The fourth-order valence-corrected chi connectivity index (χ4v) is 2.29. The molecule has 0 saturated heterocycles. The Morgan fingerprint density at radius 2 is 1.83 bits per heavy atom. The van der Waals surface area contributed by atoms with Crippen molar-refractivity contribution in [2.75, 3.05) is 12.3 Å². The molecule has 1 aromatic rings. The van der Waals surface area contributed by atoms with Gasteiger partial charge in [-0.1, -0.05) is 0 Å². The third-order valence-electron chi connectivity index (χ3n) is 2.02. The third-order valence-corrected chi connectivity index (χ3v) is 3.50. The van der Waals surface area contributed by atoms with Crippen molar-refractivity contribution in [3.8, 4) is 0 Å². The molecular weight excluding hydrogens is 260 g/mol.